The van der Waals surface area contributed by atoms with Crippen LogP contribution >= 0.6 is 0 Å². The van der Waals surface area contributed by atoms with Gasteiger partial charge in [0.05, 0.1) is 0 Å². The van der Waals surface area contributed by atoms with E-state index in [9.17, 15) is 4.79 Å². The van der Waals surface area contributed by atoms with Crippen molar-refractivity contribution in [1.82, 2.24) is 4.90 Å². The molecule has 1 atom stereocenters. The fraction of sp³-hybridized carbons (Fsp3) is 0.588. The van der Waals surface area contributed by atoms with E-state index in [2.05, 4.69) is 0 Å². The second kappa shape index (κ2) is 10.1. The van der Waals surface area contributed by atoms with E-state index in [1.807, 2.05) is 78.2 Å². The lowest BCUT2D eigenvalue weighted by molar-refractivity contribution is -0.0211. The van der Waals surface area contributed by atoms with Gasteiger partial charge in [-0.05, 0) is 31.9 Å². The molecule has 0 fully saturated rings. The number of hydrogen-bond donors (Lipinski definition) is 0. The lowest BCUT2D eigenvalue weighted by atomic mass is 9.90. The van der Waals surface area contributed by atoms with Crippen molar-refractivity contribution in [2.75, 3.05) is 13.8 Å². The molecular weight excluding hydrogens is 266 g/mol. The van der Waals surface area contributed by atoms with E-state index in [0.717, 1.165) is 6.42 Å². The highest BCUT2D eigenvalue weighted by Crippen LogP contribution is 2.21. The van der Waals surface area contributed by atoms with Crippen LogP contribution in [0.25, 0.3) is 0 Å². The fourth-order valence-electron chi connectivity index (χ4n) is 1.14. The van der Waals surface area contributed by atoms with Crippen molar-refractivity contribution in [3.8, 4) is 0 Å². The van der Waals surface area contributed by atoms with E-state index < -0.39 is 6.16 Å². The number of hydrogen-bond acceptors (Lipinski definition) is 4. The van der Waals surface area contributed by atoms with Crippen molar-refractivity contribution < 1.29 is 14.3 Å². The molecule has 0 aromatic rings. The van der Waals surface area contributed by atoms with E-state index in [0.29, 0.717) is 0 Å². The van der Waals surface area contributed by atoms with Gasteiger partial charge in [0, 0.05) is 7.05 Å². The Bertz CT molecular complexity index is 378. The van der Waals surface area contributed by atoms with Crippen LogP contribution in [0, 0.1) is 5.41 Å². The van der Waals surface area contributed by atoms with Crippen LogP contribution in [-0.4, -0.2) is 30.9 Å². The van der Waals surface area contributed by atoms with Crippen LogP contribution in [0.2, 0.25) is 0 Å². The fourth-order valence-corrected chi connectivity index (χ4v) is 1.14. The van der Waals surface area contributed by atoms with E-state index in [4.69, 9.17) is 9.47 Å². The van der Waals surface area contributed by atoms with Crippen molar-refractivity contribution in [1.29, 1.82) is 0 Å². The van der Waals surface area contributed by atoms with Gasteiger partial charge in [-0.15, -0.1) is 0 Å². The largest absolute Gasteiger partial charge is 0.510 e. The maximum atomic E-state index is 11.5. The van der Waals surface area contributed by atoms with E-state index in [1.165, 1.54) is 0 Å². The molecular formula is C17H29NO3. The Morgan fingerprint density at radius 1 is 1.24 bits per heavy atom. The number of carbonyl (C=O) groups is 1. The average molecular weight is 295 g/mol. The van der Waals surface area contributed by atoms with Gasteiger partial charge in [-0.3, -0.25) is 0 Å². The Hall–Kier alpha value is -1.71. The first-order chi connectivity index (χ1) is 9.77. The number of carbonyl (C=O) groups excluding carboxylic acids is 1. The summed E-state index contributed by atoms with van der Waals surface area (Å²) in [4.78, 5) is 13.3. The summed E-state index contributed by atoms with van der Waals surface area (Å²) in [5.41, 5.74) is -0.0932. The summed E-state index contributed by atoms with van der Waals surface area (Å²) < 4.78 is 10.3. The number of ether oxygens (including phenoxy) is 2. The van der Waals surface area contributed by atoms with Crippen LogP contribution in [0.5, 0.6) is 0 Å². The third-order valence-electron chi connectivity index (χ3n) is 2.95. The molecule has 0 aliphatic heterocycles. The van der Waals surface area contributed by atoms with Gasteiger partial charge in [0.15, 0.2) is 6.73 Å². The molecule has 0 rings (SSSR count). The molecule has 0 spiro atoms. The Morgan fingerprint density at radius 3 is 2.48 bits per heavy atom. The first-order valence-electron chi connectivity index (χ1n) is 7.25. The van der Waals surface area contributed by atoms with Crippen LogP contribution < -0.4 is 0 Å². The van der Waals surface area contributed by atoms with Crippen LogP contribution in [0.4, 0.5) is 4.79 Å². The van der Waals surface area contributed by atoms with Crippen molar-refractivity contribution >= 4 is 6.16 Å². The van der Waals surface area contributed by atoms with Crippen molar-refractivity contribution in [2.45, 2.75) is 47.1 Å². The van der Waals surface area contributed by atoms with Crippen LogP contribution in [0.3, 0.4) is 0 Å². The SMILES string of the molecule is C/C=C\C=C/C/C=C\N(C)COC(=O)OC(C)C(C)(C)C. The smallest absolute Gasteiger partial charge is 0.431 e. The first-order valence-corrected chi connectivity index (χ1v) is 7.25. The highest BCUT2D eigenvalue weighted by molar-refractivity contribution is 5.60. The summed E-state index contributed by atoms with van der Waals surface area (Å²) in [5.74, 6) is 0. The summed E-state index contributed by atoms with van der Waals surface area (Å²) in [5, 5.41) is 0. The highest BCUT2D eigenvalue weighted by Gasteiger charge is 2.24. The van der Waals surface area contributed by atoms with Gasteiger partial charge in [0.2, 0.25) is 0 Å². The number of nitrogens with zero attached hydrogens (tertiary/aromatic N) is 1. The minimum atomic E-state index is -0.634. The molecule has 0 aliphatic carbocycles. The van der Waals surface area contributed by atoms with E-state index in [1.54, 1.807) is 4.90 Å². The molecule has 0 aromatic heterocycles. The van der Waals surface area contributed by atoms with Gasteiger partial charge >= 0.3 is 6.16 Å². The zero-order valence-corrected chi connectivity index (χ0v) is 14.1. The predicted molar refractivity (Wildman–Crippen MR) is 86.8 cm³/mol. The molecule has 0 saturated carbocycles. The average Bonchev–Trinajstić information content (AvgIpc) is 2.39. The van der Waals surface area contributed by atoms with Gasteiger partial charge in [0.25, 0.3) is 0 Å². The lowest BCUT2D eigenvalue weighted by Gasteiger charge is -2.26. The summed E-state index contributed by atoms with van der Waals surface area (Å²) in [6.45, 7) is 10.1. The standard InChI is InChI=1S/C17H29NO3/c1-7-8-9-10-11-12-13-18(6)14-20-16(19)21-15(2)17(3,4)5/h7-10,12-13,15H,11,14H2,1-6H3/b8-7-,10-9-,13-12-. The zero-order chi connectivity index (χ0) is 16.3. The zero-order valence-electron chi connectivity index (χ0n) is 14.1. The second-order valence-electron chi connectivity index (χ2n) is 5.98. The van der Waals surface area contributed by atoms with Gasteiger partial charge in [-0.25, -0.2) is 4.79 Å². The second-order valence-corrected chi connectivity index (χ2v) is 5.98. The molecule has 0 N–H and O–H groups in total. The molecule has 1 unspecified atom stereocenters. The Balaban J connectivity index is 3.94. The topological polar surface area (TPSA) is 38.8 Å². The third-order valence-corrected chi connectivity index (χ3v) is 2.95. The minimum Gasteiger partial charge on any atom is -0.431 e. The van der Waals surface area contributed by atoms with Gasteiger partial charge in [-0.2, -0.15) is 0 Å². The monoisotopic (exact) mass is 295 g/mol. The molecule has 4 nitrogen and oxygen atoms in total. The summed E-state index contributed by atoms with van der Waals surface area (Å²) >= 11 is 0. The van der Waals surface area contributed by atoms with Gasteiger partial charge in [-0.1, -0.05) is 51.2 Å². The molecule has 0 aromatic carbocycles. The van der Waals surface area contributed by atoms with Crippen molar-refractivity contribution in [3.63, 3.8) is 0 Å². The summed E-state index contributed by atoms with van der Waals surface area (Å²) in [6, 6.07) is 0. The Labute approximate surface area is 129 Å². The van der Waals surface area contributed by atoms with Crippen LogP contribution in [-0.2, 0) is 9.47 Å². The summed E-state index contributed by atoms with van der Waals surface area (Å²) in [7, 11) is 1.84. The lowest BCUT2D eigenvalue weighted by Crippen LogP contribution is -2.30. The molecule has 0 heterocycles. The Morgan fingerprint density at radius 2 is 1.90 bits per heavy atom. The third kappa shape index (κ3) is 10.7. The van der Waals surface area contributed by atoms with Crippen molar-refractivity contribution in [3.05, 3.63) is 36.6 Å². The molecule has 0 bridgehead atoms. The normalized spacial score (nSPS) is 14.0. The maximum absolute atomic E-state index is 11.5. The maximum Gasteiger partial charge on any atom is 0.510 e. The molecule has 0 saturated heterocycles. The van der Waals surface area contributed by atoms with E-state index >= 15 is 0 Å². The first kappa shape index (κ1) is 19.3. The number of allylic oxidation sites excluding steroid dienone is 5. The molecule has 120 valence electrons. The number of rotatable bonds is 7. The Kier molecular flexibility index (Phi) is 9.26. The molecule has 0 amide bonds. The molecule has 4 heteroatoms. The van der Waals surface area contributed by atoms with Gasteiger partial charge < -0.3 is 14.4 Å². The molecule has 21 heavy (non-hydrogen) atoms. The minimum absolute atomic E-state index is 0.0932. The van der Waals surface area contributed by atoms with E-state index in [-0.39, 0.29) is 18.2 Å². The summed E-state index contributed by atoms with van der Waals surface area (Å²) in [6.07, 6.45) is 11.9. The quantitative estimate of drug-likeness (QED) is 0.394. The van der Waals surface area contributed by atoms with Crippen molar-refractivity contribution in [2.24, 2.45) is 5.41 Å². The highest BCUT2D eigenvalue weighted by atomic mass is 16.7. The van der Waals surface area contributed by atoms with Crippen LogP contribution in [0.15, 0.2) is 36.6 Å². The van der Waals surface area contributed by atoms with Gasteiger partial charge in [0.1, 0.15) is 6.10 Å². The molecule has 0 aliphatic rings. The van der Waals surface area contributed by atoms with Crippen LogP contribution in [0.1, 0.15) is 41.0 Å². The predicted octanol–water partition coefficient (Wildman–Crippen LogP) is 4.50. The molecule has 0 radical (unpaired) electrons.